The highest BCUT2D eigenvalue weighted by Gasteiger charge is 2.27. The van der Waals surface area contributed by atoms with E-state index < -0.39 is 11.9 Å². The molecule has 1 saturated heterocycles. The molecule has 0 aromatic rings. The summed E-state index contributed by atoms with van der Waals surface area (Å²) in [5.41, 5.74) is 0. The Balaban J connectivity index is 2.39. The third kappa shape index (κ3) is 2.42. The minimum absolute atomic E-state index is 0.0337. The second-order valence-electron chi connectivity index (χ2n) is 2.94. The van der Waals surface area contributed by atoms with Gasteiger partial charge in [-0.25, -0.2) is 4.79 Å². The van der Waals surface area contributed by atoms with Gasteiger partial charge in [0.1, 0.15) is 0 Å². The van der Waals surface area contributed by atoms with Crippen LogP contribution in [0.3, 0.4) is 0 Å². The summed E-state index contributed by atoms with van der Waals surface area (Å²) in [6, 6.07) is -0.0772. The Labute approximate surface area is 76.4 Å². The Kier molecular flexibility index (Phi) is 3.25. The summed E-state index contributed by atoms with van der Waals surface area (Å²) in [6.45, 7) is 2.47. The number of hydrogen-bond donors (Lipinski definition) is 1. The summed E-state index contributed by atoms with van der Waals surface area (Å²) in [6.07, 6.45) is 0.706. The van der Waals surface area contributed by atoms with Gasteiger partial charge in [-0.05, 0) is 13.3 Å². The van der Waals surface area contributed by atoms with E-state index in [0.717, 1.165) is 6.42 Å². The van der Waals surface area contributed by atoms with Crippen molar-refractivity contribution in [2.24, 2.45) is 0 Å². The maximum absolute atomic E-state index is 11.0. The van der Waals surface area contributed by atoms with Crippen LogP contribution in [0.15, 0.2) is 0 Å². The van der Waals surface area contributed by atoms with Crippen molar-refractivity contribution in [3.63, 3.8) is 0 Å². The van der Waals surface area contributed by atoms with Gasteiger partial charge in [-0.3, -0.25) is 4.79 Å². The zero-order chi connectivity index (χ0) is 9.84. The molecule has 5 nitrogen and oxygen atoms in total. The minimum atomic E-state index is -0.862. The van der Waals surface area contributed by atoms with Gasteiger partial charge in [-0.1, -0.05) is 0 Å². The number of carbonyl (C=O) groups is 2. The number of ether oxygens (including phenoxy) is 2. The smallest absolute Gasteiger partial charge is 0.396 e. The molecule has 0 saturated carbocycles. The Bertz CT molecular complexity index is 216. The normalized spacial score (nSPS) is 26.9. The Morgan fingerprint density at radius 3 is 2.69 bits per heavy atom. The number of methoxy groups -OCH3 is 1. The molecule has 1 aliphatic heterocycles. The standard InChI is InChI=1S/C8H13NO4/c1-5-6(3-4-13-5)9-7(10)8(11)12-2/h5-6H,3-4H2,1-2H3,(H,9,10). The van der Waals surface area contributed by atoms with Crippen LogP contribution >= 0.6 is 0 Å². The molecule has 13 heavy (non-hydrogen) atoms. The van der Waals surface area contributed by atoms with E-state index in [9.17, 15) is 9.59 Å². The molecule has 2 atom stereocenters. The second kappa shape index (κ2) is 4.23. The van der Waals surface area contributed by atoms with Gasteiger partial charge in [0.25, 0.3) is 0 Å². The molecule has 2 unspecified atom stereocenters. The zero-order valence-corrected chi connectivity index (χ0v) is 7.70. The van der Waals surface area contributed by atoms with Crippen LogP contribution < -0.4 is 5.32 Å². The van der Waals surface area contributed by atoms with Crippen molar-refractivity contribution in [2.45, 2.75) is 25.5 Å². The third-order valence-electron chi connectivity index (χ3n) is 2.06. The van der Waals surface area contributed by atoms with Crippen LogP contribution in [-0.4, -0.2) is 37.7 Å². The fourth-order valence-electron chi connectivity index (χ4n) is 1.24. The predicted octanol–water partition coefficient (Wildman–Crippen LogP) is -0.547. The van der Waals surface area contributed by atoms with Crippen LogP contribution in [0.4, 0.5) is 0 Å². The molecule has 1 heterocycles. The first-order chi connectivity index (χ1) is 6.15. The van der Waals surface area contributed by atoms with Crippen LogP contribution in [-0.2, 0) is 19.1 Å². The summed E-state index contributed by atoms with van der Waals surface area (Å²) in [5, 5.41) is 2.54. The first-order valence-electron chi connectivity index (χ1n) is 4.15. The second-order valence-corrected chi connectivity index (χ2v) is 2.94. The van der Waals surface area contributed by atoms with Crippen LogP contribution in [0.5, 0.6) is 0 Å². The topological polar surface area (TPSA) is 64.6 Å². The van der Waals surface area contributed by atoms with Gasteiger partial charge in [0.15, 0.2) is 0 Å². The lowest BCUT2D eigenvalue weighted by Gasteiger charge is -2.14. The van der Waals surface area contributed by atoms with E-state index in [1.54, 1.807) is 0 Å². The number of hydrogen-bond acceptors (Lipinski definition) is 4. The van der Waals surface area contributed by atoms with E-state index in [1.807, 2.05) is 6.92 Å². The highest BCUT2D eigenvalue weighted by Crippen LogP contribution is 2.12. The van der Waals surface area contributed by atoms with Gasteiger partial charge in [-0.2, -0.15) is 0 Å². The number of carbonyl (C=O) groups excluding carboxylic acids is 2. The number of amides is 1. The van der Waals surface area contributed by atoms with Gasteiger partial charge in [-0.15, -0.1) is 0 Å². The van der Waals surface area contributed by atoms with E-state index >= 15 is 0 Å². The summed E-state index contributed by atoms with van der Waals surface area (Å²) in [7, 11) is 1.18. The number of rotatable bonds is 1. The van der Waals surface area contributed by atoms with Gasteiger partial charge in [0.2, 0.25) is 0 Å². The van der Waals surface area contributed by atoms with Crippen LogP contribution in [0, 0.1) is 0 Å². The average molecular weight is 187 g/mol. The fraction of sp³-hybridized carbons (Fsp3) is 0.750. The Morgan fingerprint density at radius 1 is 1.54 bits per heavy atom. The van der Waals surface area contributed by atoms with E-state index in [-0.39, 0.29) is 12.1 Å². The third-order valence-corrected chi connectivity index (χ3v) is 2.06. The maximum atomic E-state index is 11.0. The largest absolute Gasteiger partial charge is 0.462 e. The van der Waals surface area contributed by atoms with Crippen molar-refractivity contribution < 1.29 is 19.1 Å². The monoisotopic (exact) mass is 187 g/mol. The lowest BCUT2D eigenvalue weighted by molar-refractivity contribution is -0.153. The van der Waals surface area contributed by atoms with E-state index in [2.05, 4.69) is 10.1 Å². The molecule has 0 aromatic carbocycles. The molecule has 1 fully saturated rings. The van der Waals surface area contributed by atoms with Crippen LogP contribution in [0.25, 0.3) is 0 Å². The summed E-state index contributed by atoms with van der Waals surface area (Å²) < 4.78 is 9.48. The molecule has 74 valence electrons. The Hall–Kier alpha value is -1.10. The lowest BCUT2D eigenvalue weighted by Crippen LogP contribution is -2.43. The van der Waals surface area contributed by atoms with Gasteiger partial charge >= 0.3 is 11.9 Å². The van der Waals surface area contributed by atoms with Crippen molar-refractivity contribution in [3.8, 4) is 0 Å². The molecule has 0 aromatic heterocycles. The first kappa shape index (κ1) is 9.98. The molecular formula is C8H13NO4. The molecule has 0 radical (unpaired) electrons. The van der Waals surface area contributed by atoms with Gasteiger partial charge in [0, 0.05) is 6.61 Å². The van der Waals surface area contributed by atoms with Gasteiger partial charge in [0.05, 0.1) is 19.3 Å². The summed E-state index contributed by atoms with van der Waals surface area (Å²) in [4.78, 5) is 21.8. The van der Waals surface area contributed by atoms with Crippen LogP contribution in [0.1, 0.15) is 13.3 Å². The SMILES string of the molecule is COC(=O)C(=O)NC1CCOC1C. The van der Waals surface area contributed by atoms with Crippen molar-refractivity contribution in [2.75, 3.05) is 13.7 Å². The molecular weight excluding hydrogens is 174 g/mol. The molecule has 1 N–H and O–H groups in total. The van der Waals surface area contributed by atoms with Crippen LogP contribution in [0.2, 0.25) is 0 Å². The average Bonchev–Trinajstić information content (AvgIpc) is 2.50. The highest BCUT2D eigenvalue weighted by molar-refractivity contribution is 6.32. The number of nitrogens with one attached hydrogen (secondary N) is 1. The summed E-state index contributed by atoms with van der Waals surface area (Å²) in [5.74, 6) is -1.57. The quantitative estimate of drug-likeness (QED) is 0.442. The molecule has 1 rings (SSSR count). The molecule has 5 heteroatoms. The van der Waals surface area contributed by atoms with E-state index in [4.69, 9.17) is 4.74 Å². The van der Waals surface area contributed by atoms with Crippen molar-refractivity contribution in [1.29, 1.82) is 0 Å². The minimum Gasteiger partial charge on any atom is -0.462 e. The zero-order valence-electron chi connectivity index (χ0n) is 7.70. The molecule has 0 bridgehead atoms. The predicted molar refractivity (Wildman–Crippen MR) is 44.0 cm³/mol. The van der Waals surface area contributed by atoms with Gasteiger partial charge < -0.3 is 14.8 Å². The van der Waals surface area contributed by atoms with Crippen molar-refractivity contribution in [3.05, 3.63) is 0 Å². The van der Waals surface area contributed by atoms with Crippen molar-refractivity contribution >= 4 is 11.9 Å². The van der Waals surface area contributed by atoms with E-state index in [1.165, 1.54) is 7.11 Å². The number of esters is 1. The fourth-order valence-corrected chi connectivity index (χ4v) is 1.24. The first-order valence-corrected chi connectivity index (χ1v) is 4.15. The van der Waals surface area contributed by atoms with E-state index in [0.29, 0.717) is 6.61 Å². The Morgan fingerprint density at radius 2 is 2.23 bits per heavy atom. The maximum Gasteiger partial charge on any atom is 0.396 e. The molecule has 0 spiro atoms. The molecule has 1 aliphatic rings. The molecule has 0 aliphatic carbocycles. The highest BCUT2D eigenvalue weighted by atomic mass is 16.5. The lowest BCUT2D eigenvalue weighted by atomic mass is 10.1. The summed E-state index contributed by atoms with van der Waals surface area (Å²) >= 11 is 0. The molecule has 1 amide bonds. The van der Waals surface area contributed by atoms with Crippen molar-refractivity contribution in [1.82, 2.24) is 5.32 Å².